The summed E-state index contributed by atoms with van der Waals surface area (Å²) in [6, 6.07) is 2.11. The molecule has 1 unspecified atom stereocenters. The van der Waals surface area contributed by atoms with E-state index < -0.39 is 0 Å². The Morgan fingerprint density at radius 1 is 1.61 bits per heavy atom. The fourth-order valence-corrected chi connectivity index (χ4v) is 1.93. The minimum atomic E-state index is 0.181. The zero-order chi connectivity index (χ0) is 12.8. The van der Waals surface area contributed by atoms with Gasteiger partial charge in [0.05, 0.1) is 19.3 Å². The third-order valence-corrected chi connectivity index (χ3v) is 2.87. The monoisotopic (exact) mass is 249 g/mol. The zero-order valence-corrected chi connectivity index (χ0v) is 10.4. The van der Waals surface area contributed by atoms with Gasteiger partial charge in [0.15, 0.2) is 0 Å². The van der Waals surface area contributed by atoms with Gasteiger partial charge in [0, 0.05) is 25.7 Å². The molecule has 3 N–H and O–H groups in total. The SMILES string of the molecule is C=CCNc1cc(N2CCOCC2CN)ncn1. The Morgan fingerprint density at radius 2 is 2.50 bits per heavy atom. The highest BCUT2D eigenvalue weighted by atomic mass is 16.5. The predicted octanol–water partition coefficient (Wildman–Crippen LogP) is 0.238. The molecular weight excluding hydrogens is 230 g/mol. The zero-order valence-electron chi connectivity index (χ0n) is 10.4. The number of hydrogen-bond donors (Lipinski definition) is 2. The second-order valence-electron chi connectivity index (χ2n) is 4.09. The summed E-state index contributed by atoms with van der Waals surface area (Å²) in [6.45, 7) is 7.06. The number of hydrogen-bond acceptors (Lipinski definition) is 6. The summed E-state index contributed by atoms with van der Waals surface area (Å²) in [5, 5.41) is 3.15. The van der Waals surface area contributed by atoms with Crippen molar-refractivity contribution in [3.8, 4) is 0 Å². The maximum atomic E-state index is 5.76. The van der Waals surface area contributed by atoms with Crippen LogP contribution in [-0.2, 0) is 4.74 Å². The van der Waals surface area contributed by atoms with Gasteiger partial charge < -0.3 is 20.7 Å². The molecule has 1 saturated heterocycles. The van der Waals surface area contributed by atoms with E-state index >= 15 is 0 Å². The molecule has 0 bridgehead atoms. The Labute approximate surface area is 107 Å². The molecule has 0 spiro atoms. The van der Waals surface area contributed by atoms with Crippen LogP contribution in [0.1, 0.15) is 0 Å². The first-order chi connectivity index (χ1) is 8.85. The number of aromatic nitrogens is 2. The summed E-state index contributed by atoms with van der Waals surface area (Å²) in [5.41, 5.74) is 5.76. The molecule has 98 valence electrons. The van der Waals surface area contributed by atoms with Gasteiger partial charge in [-0.2, -0.15) is 0 Å². The van der Waals surface area contributed by atoms with E-state index in [0.717, 1.165) is 18.2 Å². The molecule has 2 rings (SSSR count). The van der Waals surface area contributed by atoms with Crippen molar-refractivity contribution >= 4 is 11.6 Å². The van der Waals surface area contributed by atoms with Crippen molar-refractivity contribution in [2.45, 2.75) is 6.04 Å². The van der Waals surface area contributed by atoms with Gasteiger partial charge in [0.25, 0.3) is 0 Å². The Morgan fingerprint density at radius 3 is 3.28 bits per heavy atom. The highest BCUT2D eigenvalue weighted by Gasteiger charge is 2.23. The van der Waals surface area contributed by atoms with Crippen molar-refractivity contribution in [2.24, 2.45) is 5.73 Å². The van der Waals surface area contributed by atoms with Crippen molar-refractivity contribution in [1.82, 2.24) is 9.97 Å². The molecule has 1 aliphatic heterocycles. The van der Waals surface area contributed by atoms with Crippen LogP contribution >= 0.6 is 0 Å². The van der Waals surface area contributed by atoms with Crippen molar-refractivity contribution < 1.29 is 4.74 Å². The number of nitrogens with one attached hydrogen (secondary N) is 1. The fourth-order valence-electron chi connectivity index (χ4n) is 1.93. The lowest BCUT2D eigenvalue weighted by atomic mass is 10.2. The molecule has 0 radical (unpaired) electrons. The predicted molar refractivity (Wildman–Crippen MR) is 71.7 cm³/mol. The number of anilines is 2. The van der Waals surface area contributed by atoms with Crippen molar-refractivity contribution in [3.63, 3.8) is 0 Å². The van der Waals surface area contributed by atoms with Crippen LogP contribution in [0.4, 0.5) is 11.6 Å². The summed E-state index contributed by atoms with van der Waals surface area (Å²) < 4.78 is 5.43. The Kier molecular flexibility index (Phi) is 4.49. The summed E-state index contributed by atoms with van der Waals surface area (Å²) >= 11 is 0. The first kappa shape index (κ1) is 12.8. The van der Waals surface area contributed by atoms with E-state index in [-0.39, 0.29) is 6.04 Å². The maximum absolute atomic E-state index is 5.76. The molecule has 1 aromatic heterocycles. The third kappa shape index (κ3) is 2.96. The Hall–Kier alpha value is -1.66. The number of nitrogens with two attached hydrogens (primary N) is 1. The van der Waals surface area contributed by atoms with Gasteiger partial charge in [0.2, 0.25) is 0 Å². The van der Waals surface area contributed by atoms with Gasteiger partial charge in [-0.05, 0) is 0 Å². The van der Waals surface area contributed by atoms with Crippen LogP contribution in [0.15, 0.2) is 25.0 Å². The van der Waals surface area contributed by atoms with Crippen LogP contribution in [0.5, 0.6) is 0 Å². The third-order valence-electron chi connectivity index (χ3n) is 2.87. The summed E-state index contributed by atoms with van der Waals surface area (Å²) in [7, 11) is 0. The highest BCUT2D eigenvalue weighted by Crippen LogP contribution is 2.18. The molecule has 18 heavy (non-hydrogen) atoms. The summed E-state index contributed by atoms with van der Waals surface area (Å²) in [5.74, 6) is 1.68. The molecule has 0 aromatic carbocycles. The quantitative estimate of drug-likeness (QED) is 0.728. The lowest BCUT2D eigenvalue weighted by molar-refractivity contribution is 0.0958. The minimum absolute atomic E-state index is 0.181. The molecule has 1 aliphatic rings. The Bertz CT molecular complexity index is 398. The standard InChI is InChI=1S/C12H19N5O/c1-2-3-14-11-6-12(16-9-15-11)17-4-5-18-8-10(17)7-13/h2,6,9-10H,1,3-5,7-8,13H2,(H,14,15,16). The topological polar surface area (TPSA) is 76.3 Å². The van der Waals surface area contributed by atoms with Crippen LogP contribution < -0.4 is 16.0 Å². The second-order valence-corrected chi connectivity index (χ2v) is 4.09. The van der Waals surface area contributed by atoms with E-state index in [2.05, 4.69) is 26.8 Å². The summed E-state index contributed by atoms with van der Waals surface area (Å²) in [6.07, 6.45) is 3.35. The van der Waals surface area contributed by atoms with Crippen molar-refractivity contribution in [1.29, 1.82) is 0 Å². The Balaban J connectivity index is 2.12. The van der Waals surface area contributed by atoms with E-state index in [1.807, 2.05) is 6.07 Å². The van der Waals surface area contributed by atoms with E-state index in [1.54, 1.807) is 12.4 Å². The molecule has 0 saturated carbocycles. The molecular formula is C12H19N5O. The van der Waals surface area contributed by atoms with Crippen LogP contribution in [0.25, 0.3) is 0 Å². The second kappa shape index (κ2) is 6.32. The average Bonchev–Trinajstić information content (AvgIpc) is 2.45. The average molecular weight is 249 g/mol. The van der Waals surface area contributed by atoms with Gasteiger partial charge in [-0.3, -0.25) is 0 Å². The first-order valence-corrected chi connectivity index (χ1v) is 6.06. The maximum Gasteiger partial charge on any atom is 0.134 e. The summed E-state index contributed by atoms with van der Waals surface area (Å²) in [4.78, 5) is 10.6. The van der Waals surface area contributed by atoms with E-state index in [9.17, 15) is 0 Å². The molecule has 1 atom stereocenters. The van der Waals surface area contributed by atoms with E-state index in [1.165, 1.54) is 0 Å². The van der Waals surface area contributed by atoms with Crippen molar-refractivity contribution in [2.75, 3.05) is 43.1 Å². The van der Waals surface area contributed by atoms with Crippen LogP contribution in [-0.4, -0.2) is 48.9 Å². The molecule has 6 nitrogen and oxygen atoms in total. The van der Waals surface area contributed by atoms with Gasteiger partial charge in [-0.25, -0.2) is 9.97 Å². The largest absolute Gasteiger partial charge is 0.377 e. The van der Waals surface area contributed by atoms with Gasteiger partial charge in [0.1, 0.15) is 18.0 Å². The van der Waals surface area contributed by atoms with Gasteiger partial charge >= 0.3 is 0 Å². The van der Waals surface area contributed by atoms with E-state index in [0.29, 0.717) is 26.3 Å². The molecule has 2 heterocycles. The van der Waals surface area contributed by atoms with Gasteiger partial charge in [-0.1, -0.05) is 6.08 Å². The molecule has 0 amide bonds. The van der Waals surface area contributed by atoms with Crippen LogP contribution in [0.2, 0.25) is 0 Å². The number of rotatable bonds is 5. The van der Waals surface area contributed by atoms with Crippen LogP contribution in [0.3, 0.4) is 0 Å². The highest BCUT2D eigenvalue weighted by molar-refractivity contribution is 5.49. The number of ether oxygens (including phenoxy) is 1. The first-order valence-electron chi connectivity index (χ1n) is 6.06. The smallest absolute Gasteiger partial charge is 0.134 e. The molecule has 1 aromatic rings. The molecule has 6 heteroatoms. The van der Waals surface area contributed by atoms with Crippen LogP contribution in [0, 0.1) is 0 Å². The molecule has 1 fully saturated rings. The van der Waals surface area contributed by atoms with Crippen molar-refractivity contribution in [3.05, 3.63) is 25.0 Å². The van der Waals surface area contributed by atoms with E-state index in [4.69, 9.17) is 10.5 Å². The lowest BCUT2D eigenvalue weighted by Crippen LogP contribution is -2.49. The number of nitrogens with zero attached hydrogens (tertiary/aromatic N) is 3. The molecule has 0 aliphatic carbocycles. The lowest BCUT2D eigenvalue weighted by Gasteiger charge is -2.35. The fraction of sp³-hybridized carbons (Fsp3) is 0.500. The minimum Gasteiger partial charge on any atom is -0.377 e. The van der Waals surface area contributed by atoms with Gasteiger partial charge in [-0.15, -0.1) is 6.58 Å². The number of morpholine rings is 1. The normalized spacial score (nSPS) is 19.6.